The van der Waals surface area contributed by atoms with Crippen molar-refractivity contribution in [1.29, 1.82) is 10.5 Å². The second kappa shape index (κ2) is 25.0. The average molecular weight is 1210 g/mol. The van der Waals surface area contributed by atoms with Crippen LogP contribution in [0.25, 0.3) is 31.7 Å². The number of rotatable bonds is 14. The average Bonchev–Trinajstić information content (AvgIpc) is 4.06. The molecule has 0 bridgehead atoms. The second-order valence-corrected chi connectivity index (χ2v) is 22.8. The Kier molecular flexibility index (Phi) is 16.5. The Morgan fingerprint density at radius 1 is 0.547 bits per heavy atom. The van der Waals surface area contributed by atoms with Gasteiger partial charge in [0.25, 0.3) is 17.7 Å². The minimum atomic E-state index is -4.69. The molecule has 432 valence electrons. The lowest BCUT2D eigenvalue weighted by atomic mass is 9.96. The summed E-state index contributed by atoms with van der Waals surface area (Å²) in [7, 11) is 0. The molecule has 20 nitrogen and oxygen atoms in total. The highest BCUT2D eigenvalue weighted by Gasteiger charge is 2.34. The van der Waals surface area contributed by atoms with Crippen LogP contribution in [-0.4, -0.2) is 113 Å². The Balaban J connectivity index is 0.732. The summed E-state index contributed by atoms with van der Waals surface area (Å²) < 4.78 is 44.1. The lowest BCUT2D eigenvalue weighted by Crippen LogP contribution is -2.46. The summed E-state index contributed by atoms with van der Waals surface area (Å²) in [6.45, 7) is 5.73. The normalized spacial score (nSPS) is 16.2. The minimum absolute atomic E-state index is 0.0530. The van der Waals surface area contributed by atoms with Crippen molar-refractivity contribution in [3.8, 4) is 43.9 Å². The highest BCUT2D eigenvalue weighted by Crippen LogP contribution is 2.40. The molecule has 9 heterocycles. The number of benzene rings is 3. The van der Waals surface area contributed by atoms with E-state index in [1.807, 2.05) is 23.1 Å². The van der Waals surface area contributed by atoms with Crippen LogP contribution in [-0.2, 0) is 6.18 Å². The van der Waals surface area contributed by atoms with Gasteiger partial charge in [-0.25, -0.2) is 15.0 Å². The van der Waals surface area contributed by atoms with Gasteiger partial charge in [-0.15, -0.1) is 34.0 Å². The summed E-state index contributed by atoms with van der Waals surface area (Å²) in [6, 6.07) is 25.0. The fraction of sp³-hybridized carbons (Fsp3) is 0.217. The van der Waals surface area contributed by atoms with Crippen LogP contribution in [0.1, 0.15) is 71.4 Å². The molecule has 26 heteroatoms. The monoisotopic (exact) mass is 1210 g/mol. The van der Waals surface area contributed by atoms with E-state index >= 15 is 0 Å². The molecule has 3 aliphatic heterocycles. The van der Waals surface area contributed by atoms with Gasteiger partial charge in [0.15, 0.2) is 0 Å². The molecule has 3 saturated heterocycles. The number of hydrogen-bond donors (Lipinski definition) is 6. The molecule has 86 heavy (non-hydrogen) atoms. The SMILES string of the molecule is N#Cc1ccc(-c2nc(C(=O)Nc3cnccc3N3CCNC(c4ccc(C#N)cc4-c4nc(C(=O)Nc5cnccc5N5CCNC(c6cc(-c7nc(C(=O)Nc8cnccc8N8CCNCC8)cs7)cc(C(F)(F)F)c6)C5)cs4)C3)cs2)cc1. The number of hydrogen-bond acceptors (Lipinski definition) is 20. The second-order valence-electron chi connectivity index (χ2n) is 20.2. The maximum Gasteiger partial charge on any atom is 0.416 e. The Morgan fingerprint density at radius 2 is 1.02 bits per heavy atom. The third kappa shape index (κ3) is 12.5. The van der Waals surface area contributed by atoms with Gasteiger partial charge in [0.05, 0.1) is 87.6 Å². The highest BCUT2D eigenvalue weighted by molar-refractivity contribution is 7.14. The number of amides is 3. The van der Waals surface area contributed by atoms with E-state index in [4.69, 9.17) is 4.98 Å². The molecule has 2 atom stereocenters. The molecule has 2 unspecified atom stereocenters. The molecule has 3 aliphatic rings. The Labute approximate surface area is 502 Å². The molecular formula is C60H50F3N17O3S3. The van der Waals surface area contributed by atoms with Crippen LogP contribution in [0, 0.1) is 22.7 Å². The number of aromatic nitrogens is 6. The van der Waals surface area contributed by atoms with Crippen molar-refractivity contribution in [2.24, 2.45) is 0 Å². The van der Waals surface area contributed by atoms with E-state index in [2.05, 4.69) is 78.8 Å². The Hall–Kier alpha value is -9.54. The van der Waals surface area contributed by atoms with Crippen LogP contribution in [0.4, 0.5) is 47.3 Å². The van der Waals surface area contributed by atoms with Gasteiger partial charge in [-0.05, 0) is 71.8 Å². The topological polar surface area (TPSA) is 258 Å². The van der Waals surface area contributed by atoms with Crippen molar-refractivity contribution < 1.29 is 27.6 Å². The van der Waals surface area contributed by atoms with E-state index in [0.29, 0.717) is 87.7 Å². The number of thiazole rings is 3. The number of carbonyl (C=O) groups excluding carboxylic acids is 3. The first-order valence-corrected chi connectivity index (χ1v) is 29.8. The number of carbonyl (C=O) groups is 3. The zero-order valence-corrected chi connectivity index (χ0v) is 47.9. The summed E-state index contributed by atoms with van der Waals surface area (Å²) in [5.74, 6) is -1.45. The molecular weight excluding hydrogens is 1160 g/mol. The van der Waals surface area contributed by atoms with Gasteiger partial charge < -0.3 is 46.6 Å². The third-order valence-electron chi connectivity index (χ3n) is 14.8. The number of halogens is 3. The van der Waals surface area contributed by atoms with Crippen LogP contribution in [0.15, 0.2) is 132 Å². The minimum Gasteiger partial charge on any atom is -0.367 e. The van der Waals surface area contributed by atoms with Crippen molar-refractivity contribution in [3.05, 3.63) is 177 Å². The quantitative estimate of drug-likeness (QED) is 0.0592. The largest absolute Gasteiger partial charge is 0.416 e. The van der Waals surface area contributed by atoms with Crippen molar-refractivity contribution in [2.45, 2.75) is 18.3 Å². The van der Waals surface area contributed by atoms with Crippen LogP contribution in [0.5, 0.6) is 0 Å². The molecule has 0 aliphatic carbocycles. The van der Waals surface area contributed by atoms with E-state index in [1.165, 1.54) is 34.3 Å². The van der Waals surface area contributed by atoms with Crippen LogP contribution >= 0.6 is 34.0 Å². The molecule has 3 aromatic carbocycles. The van der Waals surface area contributed by atoms with E-state index < -0.39 is 35.5 Å². The molecule has 9 aromatic rings. The third-order valence-corrected chi connectivity index (χ3v) is 17.5. The highest BCUT2D eigenvalue weighted by atomic mass is 32.1. The van der Waals surface area contributed by atoms with E-state index in [0.717, 1.165) is 72.2 Å². The maximum atomic E-state index is 14.7. The van der Waals surface area contributed by atoms with Gasteiger partial charge in [0.1, 0.15) is 32.1 Å². The van der Waals surface area contributed by atoms with Crippen molar-refractivity contribution >= 4 is 85.9 Å². The first-order chi connectivity index (χ1) is 41.8. The van der Waals surface area contributed by atoms with Gasteiger partial charge in [0, 0.05) is 123 Å². The lowest BCUT2D eigenvalue weighted by molar-refractivity contribution is -0.137. The van der Waals surface area contributed by atoms with Gasteiger partial charge in [-0.3, -0.25) is 29.3 Å². The fourth-order valence-electron chi connectivity index (χ4n) is 10.6. The predicted octanol–water partition coefficient (Wildman–Crippen LogP) is 9.47. The summed E-state index contributed by atoms with van der Waals surface area (Å²) in [5, 5.41) is 44.7. The van der Waals surface area contributed by atoms with Crippen LogP contribution < -0.4 is 46.6 Å². The van der Waals surface area contributed by atoms with E-state index in [1.54, 1.807) is 90.3 Å². The molecule has 0 saturated carbocycles. The first-order valence-electron chi connectivity index (χ1n) is 27.2. The fourth-order valence-corrected chi connectivity index (χ4v) is 13.0. The number of nitriles is 2. The Bertz CT molecular complexity index is 4100. The van der Waals surface area contributed by atoms with Crippen molar-refractivity contribution in [2.75, 3.05) is 96.1 Å². The molecule has 12 rings (SSSR count). The summed E-state index contributed by atoms with van der Waals surface area (Å²) >= 11 is 3.64. The first kappa shape index (κ1) is 56.9. The van der Waals surface area contributed by atoms with Crippen molar-refractivity contribution in [1.82, 2.24) is 45.9 Å². The molecule has 6 N–H and O–H groups in total. The van der Waals surface area contributed by atoms with Crippen LogP contribution in [0.2, 0.25) is 0 Å². The molecule has 6 aromatic heterocycles. The van der Waals surface area contributed by atoms with Gasteiger partial charge in [-0.2, -0.15) is 23.7 Å². The lowest BCUT2D eigenvalue weighted by Gasteiger charge is -2.37. The molecule has 0 spiro atoms. The molecule has 3 fully saturated rings. The standard InChI is InChI=1S/C60H50F3N17O3S3/c61-60(62,63)40-23-38(22-39(24-40)58-76-49(33-85-58)55(82)72-43-27-67-10-7-51(43)78-17-13-66-14-18-78)46-30-79(19-15-70-46)52-8-11-68-28-44(52)74-56(83)50-34-86-59(77-50)42-21-36(26-65)3-6-41(42)47-31-80(20-16-71-47)53-9-12-69-29-45(53)73-54(81)48-32-84-57(75-48)37-4-1-35(25-64)2-5-37/h1-12,21-24,27-29,32-34,46-47,66,70-71H,13-20,30-31H2,(H,72,82)(H,73,81)(H,74,83). The molecule has 3 amide bonds. The maximum absolute atomic E-state index is 14.7. The number of piperazine rings is 3. The molecule has 0 radical (unpaired) electrons. The Morgan fingerprint density at radius 3 is 1.57 bits per heavy atom. The summed E-state index contributed by atoms with van der Waals surface area (Å²) in [5.41, 5.74) is 6.81. The number of nitrogens with zero attached hydrogens (tertiary/aromatic N) is 11. The zero-order valence-electron chi connectivity index (χ0n) is 45.4. The number of alkyl halides is 3. The summed E-state index contributed by atoms with van der Waals surface area (Å²) in [4.78, 5) is 74.4. The van der Waals surface area contributed by atoms with Gasteiger partial charge in [-0.1, -0.05) is 18.2 Å². The van der Waals surface area contributed by atoms with E-state index in [9.17, 15) is 38.1 Å². The number of nitrogens with one attached hydrogen (secondary N) is 6. The number of pyridine rings is 3. The smallest absolute Gasteiger partial charge is 0.367 e. The zero-order chi connectivity index (χ0) is 59.3. The van der Waals surface area contributed by atoms with E-state index in [-0.39, 0.29) is 40.2 Å². The van der Waals surface area contributed by atoms with Crippen molar-refractivity contribution in [3.63, 3.8) is 0 Å². The van der Waals surface area contributed by atoms with Gasteiger partial charge >= 0.3 is 6.18 Å². The van der Waals surface area contributed by atoms with Gasteiger partial charge in [0.2, 0.25) is 0 Å². The summed E-state index contributed by atoms with van der Waals surface area (Å²) in [6.07, 6.45) is 4.87. The van der Waals surface area contributed by atoms with Crippen LogP contribution in [0.3, 0.4) is 0 Å². The number of anilines is 6. The predicted molar refractivity (Wildman–Crippen MR) is 325 cm³/mol.